The topological polar surface area (TPSA) is 81.4 Å². The molecule has 0 radical (unpaired) electrons. The van der Waals surface area contributed by atoms with E-state index in [1.807, 2.05) is 0 Å². The van der Waals surface area contributed by atoms with Gasteiger partial charge in [0.2, 0.25) is 5.91 Å². The van der Waals surface area contributed by atoms with E-state index in [2.05, 4.69) is 5.32 Å². The van der Waals surface area contributed by atoms with Crippen molar-refractivity contribution in [1.82, 2.24) is 5.32 Å². The molecule has 0 saturated carbocycles. The van der Waals surface area contributed by atoms with Crippen LogP contribution in [0, 0.1) is 0 Å². The smallest absolute Gasteiger partial charge is 0.350 e. The van der Waals surface area contributed by atoms with Crippen LogP contribution in [-0.4, -0.2) is 25.5 Å². The zero-order valence-electron chi connectivity index (χ0n) is 8.28. The van der Waals surface area contributed by atoms with Gasteiger partial charge in [-0.05, 0) is 11.4 Å². The molecule has 0 aromatic carbocycles. The summed E-state index contributed by atoms with van der Waals surface area (Å²) in [6, 6.07) is 1.64. The number of rotatable bonds is 4. The van der Waals surface area contributed by atoms with Crippen molar-refractivity contribution in [1.29, 1.82) is 0 Å². The quantitative estimate of drug-likeness (QED) is 0.740. The summed E-state index contributed by atoms with van der Waals surface area (Å²) in [5.41, 5.74) is 5.94. The zero-order valence-corrected chi connectivity index (χ0v) is 9.10. The van der Waals surface area contributed by atoms with E-state index >= 15 is 0 Å². The van der Waals surface area contributed by atoms with E-state index in [1.165, 1.54) is 18.4 Å². The summed E-state index contributed by atoms with van der Waals surface area (Å²) in [6.07, 6.45) is 0.160. The Labute approximate surface area is 91.2 Å². The molecular weight excluding hydrogens is 216 g/mol. The molecule has 15 heavy (non-hydrogen) atoms. The van der Waals surface area contributed by atoms with Crippen LogP contribution < -0.4 is 11.1 Å². The van der Waals surface area contributed by atoms with Crippen LogP contribution in [0.25, 0.3) is 0 Å². The van der Waals surface area contributed by atoms with Crippen LogP contribution in [-0.2, 0) is 9.53 Å². The molecule has 0 bridgehead atoms. The molecule has 0 aliphatic heterocycles. The van der Waals surface area contributed by atoms with Crippen molar-refractivity contribution in [3.8, 4) is 0 Å². The first-order valence-corrected chi connectivity index (χ1v) is 5.23. The van der Waals surface area contributed by atoms with Crippen LogP contribution in [0.2, 0.25) is 0 Å². The first-order valence-electron chi connectivity index (χ1n) is 4.36. The Bertz CT molecular complexity index is 362. The fraction of sp³-hybridized carbons (Fsp3) is 0.333. The van der Waals surface area contributed by atoms with Crippen molar-refractivity contribution in [2.45, 2.75) is 6.42 Å². The lowest BCUT2D eigenvalue weighted by Crippen LogP contribution is -2.20. The Kier molecular flexibility index (Phi) is 4.11. The first kappa shape index (κ1) is 11.5. The van der Waals surface area contributed by atoms with Crippen molar-refractivity contribution in [3.63, 3.8) is 0 Å². The Morgan fingerprint density at radius 3 is 2.87 bits per heavy atom. The maximum absolute atomic E-state index is 11.4. The molecular formula is C9H12N2O3S. The summed E-state index contributed by atoms with van der Waals surface area (Å²) >= 11 is 1.22. The summed E-state index contributed by atoms with van der Waals surface area (Å²) in [6.45, 7) is 0.0653. The van der Waals surface area contributed by atoms with Gasteiger partial charge in [0.25, 0.3) is 0 Å². The molecule has 1 heterocycles. The summed E-state index contributed by atoms with van der Waals surface area (Å²) in [5.74, 6) is -0.645. The molecule has 3 N–H and O–H groups in total. The number of nitrogen functional groups attached to an aromatic ring is 1. The molecule has 6 heteroatoms. The Morgan fingerprint density at radius 1 is 1.60 bits per heavy atom. The third kappa shape index (κ3) is 3.25. The number of amides is 1. The maximum Gasteiger partial charge on any atom is 0.350 e. The summed E-state index contributed by atoms with van der Waals surface area (Å²) in [5, 5.41) is 4.15. The van der Waals surface area contributed by atoms with E-state index < -0.39 is 5.97 Å². The lowest BCUT2D eigenvalue weighted by molar-refractivity contribution is -0.121. The maximum atomic E-state index is 11.4. The molecule has 1 aromatic heterocycles. The number of hydrogen-bond acceptors (Lipinski definition) is 5. The highest BCUT2D eigenvalue weighted by Crippen LogP contribution is 2.19. The van der Waals surface area contributed by atoms with Crippen LogP contribution in [0.3, 0.4) is 0 Å². The molecule has 82 valence electrons. The van der Waals surface area contributed by atoms with Gasteiger partial charge in [0, 0.05) is 7.05 Å². The van der Waals surface area contributed by atoms with Crippen molar-refractivity contribution in [2.75, 3.05) is 19.4 Å². The number of nitrogens with two attached hydrogens (primary N) is 1. The number of carbonyl (C=O) groups excluding carboxylic acids is 2. The Hall–Kier alpha value is -1.56. The van der Waals surface area contributed by atoms with Gasteiger partial charge in [0.15, 0.2) is 0 Å². The van der Waals surface area contributed by atoms with Gasteiger partial charge in [0.05, 0.1) is 12.1 Å². The van der Waals surface area contributed by atoms with Crippen molar-refractivity contribution in [2.24, 2.45) is 0 Å². The van der Waals surface area contributed by atoms with Gasteiger partial charge >= 0.3 is 5.97 Å². The molecule has 0 unspecified atom stereocenters. The number of thiophene rings is 1. The average Bonchev–Trinajstić information content (AvgIpc) is 2.64. The first-order chi connectivity index (χ1) is 7.15. The predicted molar refractivity (Wildman–Crippen MR) is 57.7 cm³/mol. The molecule has 1 rings (SSSR count). The third-order valence-corrected chi connectivity index (χ3v) is 2.63. The molecule has 0 saturated heterocycles. The second kappa shape index (κ2) is 5.35. The van der Waals surface area contributed by atoms with Crippen LogP contribution >= 0.6 is 11.3 Å². The molecule has 0 aliphatic rings. The van der Waals surface area contributed by atoms with E-state index in [0.717, 1.165) is 0 Å². The highest BCUT2D eigenvalue weighted by atomic mass is 32.1. The van der Waals surface area contributed by atoms with Crippen LogP contribution in [0.5, 0.6) is 0 Å². The summed E-state index contributed by atoms with van der Waals surface area (Å²) < 4.78 is 4.87. The molecule has 0 aliphatic carbocycles. The summed E-state index contributed by atoms with van der Waals surface area (Å²) in [7, 11) is 1.53. The van der Waals surface area contributed by atoms with Gasteiger partial charge in [-0.1, -0.05) is 0 Å². The van der Waals surface area contributed by atoms with E-state index in [0.29, 0.717) is 10.6 Å². The monoisotopic (exact) mass is 228 g/mol. The van der Waals surface area contributed by atoms with Gasteiger partial charge in [-0.15, -0.1) is 11.3 Å². The lowest BCUT2D eigenvalue weighted by atomic mass is 10.4. The largest absolute Gasteiger partial charge is 0.461 e. The molecule has 1 amide bonds. The molecule has 0 atom stereocenters. The number of carbonyl (C=O) groups is 2. The highest BCUT2D eigenvalue weighted by Gasteiger charge is 2.12. The van der Waals surface area contributed by atoms with Crippen molar-refractivity contribution >= 4 is 28.9 Å². The minimum absolute atomic E-state index is 0.0653. The SMILES string of the molecule is CNC(=O)CCOC(=O)c1sccc1N. The second-order valence-corrected chi connectivity index (χ2v) is 3.68. The van der Waals surface area contributed by atoms with Crippen molar-refractivity contribution in [3.05, 3.63) is 16.3 Å². The molecule has 0 spiro atoms. The van der Waals surface area contributed by atoms with E-state index in [-0.39, 0.29) is 18.9 Å². The number of anilines is 1. The van der Waals surface area contributed by atoms with Crippen molar-refractivity contribution < 1.29 is 14.3 Å². The number of esters is 1. The minimum atomic E-state index is -0.480. The van der Waals surface area contributed by atoms with Gasteiger partial charge in [-0.25, -0.2) is 4.79 Å². The fourth-order valence-electron chi connectivity index (χ4n) is 0.912. The molecule has 5 nitrogen and oxygen atoms in total. The fourth-order valence-corrected chi connectivity index (χ4v) is 1.62. The van der Waals surface area contributed by atoms with E-state index in [9.17, 15) is 9.59 Å². The van der Waals surface area contributed by atoms with Crippen LogP contribution in [0.15, 0.2) is 11.4 Å². The van der Waals surface area contributed by atoms with Crippen LogP contribution in [0.1, 0.15) is 16.1 Å². The number of ether oxygens (including phenoxy) is 1. The van der Waals surface area contributed by atoms with E-state index in [1.54, 1.807) is 11.4 Å². The Morgan fingerprint density at radius 2 is 2.33 bits per heavy atom. The lowest BCUT2D eigenvalue weighted by Gasteiger charge is -2.03. The van der Waals surface area contributed by atoms with Crippen LogP contribution in [0.4, 0.5) is 5.69 Å². The van der Waals surface area contributed by atoms with Gasteiger partial charge < -0.3 is 15.8 Å². The number of nitrogens with one attached hydrogen (secondary N) is 1. The van der Waals surface area contributed by atoms with E-state index in [4.69, 9.17) is 10.5 Å². The second-order valence-electron chi connectivity index (χ2n) is 2.76. The standard InChI is InChI=1S/C9H12N2O3S/c1-11-7(12)2-4-14-9(13)8-6(10)3-5-15-8/h3,5H,2,4,10H2,1H3,(H,11,12). The Balaban J connectivity index is 2.38. The van der Waals surface area contributed by atoms with Gasteiger partial charge in [-0.3, -0.25) is 4.79 Å². The summed E-state index contributed by atoms with van der Waals surface area (Å²) in [4.78, 5) is 22.6. The average molecular weight is 228 g/mol. The third-order valence-electron chi connectivity index (χ3n) is 1.72. The minimum Gasteiger partial charge on any atom is -0.461 e. The molecule has 0 fully saturated rings. The molecule has 1 aromatic rings. The van der Waals surface area contributed by atoms with Gasteiger partial charge in [-0.2, -0.15) is 0 Å². The predicted octanol–water partition coefficient (Wildman–Crippen LogP) is 0.623. The highest BCUT2D eigenvalue weighted by molar-refractivity contribution is 7.12. The normalized spacial score (nSPS) is 9.67. The van der Waals surface area contributed by atoms with Gasteiger partial charge in [0.1, 0.15) is 11.5 Å². The zero-order chi connectivity index (χ0) is 11.3. The number of hydrogen-bond donors (Lipinski definition) is 2.